The van der Waals surface area contributed by atoms with Gasteiger partial charge < -0.3 is 4.98 Å². The van der Waals surface area contributed by atoms with E-state index in [4.69, 9.17) is 0 Å². The van der Waals surface area contributed by atoms with E-state index in [1.807, 2.05) is 26.0 Å². The lowest BCUT2D eigenvalue weighted by Gasteiger charge is -2.11. The molecule has 0 bridgehead atoms. The third-order valence-corrected chi connectivity index (χ3v) is 4.56. The molecular weight excluding hydrogens is 359 g/mol. The zero-order chi connectivity index (χ0) is 19.8. The van der Waals surface area contributed by atoms with Crippen LogP contribution >= 0.6 is 0 Å². The first-order chi connectivity index (χ1) is 13.5. The molecule has 0 aliphatic rings. The van der Waals surface area contributed by atoms with Crippen molar-refractivity contribution in [3.63, 3.8) is 0 Å². The molecule has 0 saturated heterocycles. The van der Waals surface area contributed by atoms with Crippen molar-refractivity contribution in [2.24, 2.45) is 0 Å². The number of hydrogen-bond acceptors (Lipinski definition) is 4. The number of H-pyrrole nitrogens is 1. The Labute approximate surface area is 159 Å². The van der Waals surface area contributed by atoms with Gasteiger partial charge in [-0.2, -0.15) is 20.0 Å². The number of nitriles is 1. The highest BCUT2D eigenvalue weighted by molar-refractivity contribution is 5.67. The molecule has 3 aromatic heterocycles. The lowest BCUT2D eigenvalue weighted by Crippen LogP contribution is -2.22. The molecule has 28 heavy (non-hydrogen) atoms. The van der Waals surface area contributed by atoms with Crippen LogP contribution in [0.1, 0.15) is 36.5 Å². The zero-order valence-corrected chi connectivity index (χ0v) is 15.3. The van der Waals surface area contributed by atoms with Crippen LogP contribution in [0.4, 0.5) is 4.39 Å². The van der Waals surface area contributed by atoms with E-state index in [1.165, 1.54) is 22.8 Å². The summed E-state index contributed by atoms with van der Waals surface area (Å²) in [6, 6.07) is 8.37. The van der Waals surface area contributed by atoms with Crippen molar-refractivity contribution in [1.82, 2.24) is 24.4 Å². The fourth-order valence-electron chi connectivity index (χ4n) is 3.28. The maximum absolute atomic E-state index is 13.4. The first-order valence-corrected chi connectivity index (χ1v) is 8.79. The summed E-state index contributed by atoms with van der Waals surface area (Å²) in [5.41, 5.74) is 3.04. The number of hydrogen-bond donors (Lipinski definition) is 1. The van der Waals surface area contributed by atoms with Crippen molar-refractivity contribution in [2.45, 2.75) is 26.3 Å². The quantitative estimate of drug-likeness (QED) is 0.592. The van der Waals surface area contributed by atoms with E-state index in [0.29, 0.717) is 34.6 Å². The number of fused-ring (bicyclic) bond motifs is 1. The molecule has 140 valence electrons. The van der Waals surface area contributed by atoms with Gasteiger partial charge in [0, 0.05) is 17.3 Å². The monoisotopic (exact) mass is 376 g/mol. The van der Waals surface area contributed by atoms with Gasteiger partial charge in [-0.15, -0.1) is 0 Å². The van der Waals surface area contributed by atoms with Crippen molar-refractivity contribution >= 4 is 5.65 Å². The van der Waals surface area contributed by atoms with Crippen LogP contribution in [0.5, 0.6) is 0 Å². The molecule has 7 nitrogen and oxygen atoms in total. The summed E-state index contributed by atoms with van der Waals surface area (Å²) in [6.07, 6.45) is 4.81. The highest BCUT2D eigenvalue weighted by Crippen LogP contribution is 2.26. The lowest BCUT2D eigenvalue weighted by molar-refractivity contribution is 0.619. The van der Waals surface area contributed by atoms with Crippen LogP contribution in [-0.4, -0.2) is 24.4 Å². The van der Waals surface area contributed by atoms with Crippen LogP contribution in [0, 0.1) is 17.1 Å². The summed E-state index contributed by atoms with van der Waals surface area (Å²) in [5.74, 6) is -0.365. The van der Waals surface area contributed by atoms with E-state index in [1.54, 1.807) is 23.1 Å². The van der Waals surface area contributed by atoms with E-state index in [0.717, 1.165) is 5.56 Å². The maximum atomic E-state index is 13.4. The summed E-state index contributed by atoms with van der Waals surface area (Å²) in [7, 11) is 0. The van der Waals surface area contributed by atoms with Crippen LogP contribution < -0.4 is 5.56 Å². The molecule has 3 heterocycles. The SMILES string of the molecule is CC(C)c1c(-c2cnn(Cc3cccc(F)c3)c2)[nH]c2c(C#N)cnn2c1=O. The van der Waals surface area contributed by atoms with Gasteiger partial charge in [-0.3, -0.25) is 9.48 Å². The Morgan fingerprint density at radius 3 is 2.82 bits per heavy atom. The molecule has 1 N–H and O–H groups in total. The van der Waals surface area contributed by atoms with Gasteiger partial charge in [0.15, 0.2) is 5.65 Å². The van der Waals surface area contributed by atoms with E-state index < -0.39 is 0 Å². The van der Waals surface area contributed by atoms with Crippen molar-refractivity contribution in [1.29, 1.82) is 5.26 Å². The third kappa shape index (κ3) is 2.97. The van der Waals surface area contributed by atoms with E-state index in [9.17, 15) is 14.4 Å². The number of benzene rings is 1. The summed E-state index contributed by atoms with van der Waals surface area (Å²) in [5, 5.41) is 17.6. The molecule has 0 aliphatic carbocycles. The molecule has 0 saturated carbocycles. The average Bonchev–Trinajstić information content (AvgIpc) is 3.28. The van der Waals surface area contributed by atoms with Crippen molar-refractivity contribution in [2.75, 3.05) is 0 Å². The predicted molar refractivity (Wildman–Crippen MR) is 101 cm³/mol. The van der Waals surface area contributed by atoms with Gasteiger partial charge in [0.2, 0.25) is 0 Å². The van der Waals surface area contributed by atoms with Crippen molar-refractivity contribution < 1.29 is 4.39 Å². The number of nitrogens with zero attached hydrogens (tertiary/aromatic N) is 5. The van der Waals surface area contributed by atoms with Crippen LogP contribution in [0.15, 0.2) is 47.7 Å². The van der Waals surface area contributed by atoms with Gasteiger partial charge in [0.1, 0.15) is 17.4 Å². The number of aromatic nitrogens is 5. The Morgan fingerprint density at radius 1 is 1.29 bits per heavy atom. The normalized spacial score (nSPS) is 11.2. The molecule has 0 fully saturated rings. The minimum absolute atomic E-state index is 0.0653. The molecule has 4 rings (SSSR count). The molecule has 0 atom stereocenters. The standard InChI is InChI=1S/C20H17FN6O/c1-12(2)17-18(25-19-14(7-22)8-24-27(19)20(17)28)15-9-23-26(11-15)10-13-4-3-5-16(21)6-13/h3-6,8-9,11-12,25H,10H2,1-2H3. The van der Waals surface area contributed by atoms with Gasteiger partial charge in [-0.25, -0.2) is 4.39 Å². The molecule has 0 unspecified atom stereocenters. The van der Waals surface area contributed by atoms with E-state index >= 15 is 0 Å². The largest absolute Gasteiger partial charge is 0.338 e. The van der Waals surface area contributed by atoms with E-state index in [-0.39, 0.29) is 17.3 Å². The molecule has 4 aromatic rings. The number of rotatable bonds is 4. The molecule has 0 spiro atoms. The van der Waals surface area contributed by atoms with Crippen LogP contribution in [0.3, 0.4) is 0 Å². The molecule has 0 radical (unpaired) electrons. The molecule has 1 aromatic carbocycles. The average molecular weight is 376 g/mol. The van der Waals surface area contributed by atoms with Gasteiger partial charge in [-0.05, 0) is 23.6 Å². The van der Waals surface area contributed by atoms with Crippen LogP contribution in [-0.2, 0) is 6.54 Å². The minimum Gasteiger partial charge on any atom is -0.338 e. The molecular formula is C20H17FN6O. The number of aromatic amines is 1. The Kier molecular flexibility index (Phi) is 4.28. The zero-order valence-electron chi connectivity index (χ0n) is 15.3. The lowest BCUT2D eigenvalue weighted by atomic mass is 10.00. The van der Waals surface area contributed by atoms with Gasteiger partial charge in [0.05, 0.1) is 24.6 Å². The topological polar surface area (TPSA) is 91.8 Å². The second kappa shape index (κ2) is 6.78. The fraction of sp³-hybridized carbons (Fsp3) is 0.200. The summed E-state index contributed by atoms with van der Waals surface area (Å²) < 4.78 is 16.3. The first kappa shape index (κ1) is 17.7. The van der Waals surface area contributed by atoms with Gasteiger partial charge in [0.25, 0.3) is 5.56 Å². The summed E-state index contributed by atoms with van der Waals surface area (Å²) in [6.45, 7) is 4.24. The van der Waals surface area contributed by atoms with Gasteiger partial charge >= 0.3 is 0 Å². The maximum Gasteiger partial charge on any atom is 0.278 e. The van der Waals surface area contributed by atoms with E-state index in [2.05, 4.69) is 15.2 Å². The van der Waals surface area contributed by atoms with Gasteiger partial charge in [-0.1, -0.05) is 26.0 Å². The van der Waals surface area contributed by atoms with Crippen LogP contribution in [0.2, 0.25) is 0 Å². The number of halogens is 1. The molecule has 8 heteroatoms. The Hall–Kier alpha value is -3.73. The second-order valence-corrected chi connectivity index (χ2v) is 6.86. The third-order valence-electron chi connectivity index (χ3n) is 4.56. The smallest absolute Gasteiger partial charge is 0.278 e. The molecule has 0 aliphatic heterocycles. The summed E-state index contributed by atoms with van der Waals surface area (Å²) in [4.78, 5) is 16.1. The Morgan fingerprint density at radius 2 is 2.11 bits per heavy atom. The first-order valence-electron chi connectivity index (χ1n) is 8.79. The predicted octanol–water partition coefficient (Wildman–Crippen LogP) is 3.07. The highest BCUT2D eigenvalue weighted by atomic mass is 19.1. The highest BCUT2D eigenvalue weighted by Gasteiger charge is 2.20. The Bertz CT molecular complexity index is 1270. The molecule has 0 amide bonds. The number of nitrogens with one attached hydrogen (secondary N) is 1. The fourth-order valence-corrected chi connectivity index (χ4v) is 3.28. The Balaban J connectivity index is 1.83. The summed E-state index contributed by atoms with van der Waals surface area (Å²) >= 11 is 0. The minimum atomic E-state index is -0.300. The van der Waals surface area contributed by atoms with Crippen molar-refractivity contribution in [3.05, 3.63) is 75.7 Å². The van der Waals surface area contributed by atoms with Crippen LogP contribution in [0.25, 0.3) is 16.9 Å². The van der Waals surface area contributed by atoms with Crippen molar-refractivity contribution in [3.8, 4) is 17.3 Å². The second-order valence-electron chi connectivity index (χ2n) is 6.86.